The summed E-state index contributed by atoms with van der Waals surface area (Å²) in [6.45, 7) is 8.85. The molecule has 34 heavy (non-hydrogen) atoms. The Morgan fingerprint density at radius 1 is 1.32 bits per heavy atom. The van der Waals surface area contributed by atoms with Crippen molar-refractivity contribution >= 4 is 23.9 Å². The minimum absolute atomic E-state index is 0.0415. The molecule has 3 amide bonds. The Hall–Kier alpha value is -2.45. The van der Waals surface area contributed by atoms with Crippen LogP contribution in [0.1, 0.15) is 65.4 Å². The summed E-state index contributed by atoms with van der Waals surface area (Å²) in [7, 11) is 0. The van der Waals surface area contributed by atoms with E-state index in [1.165, 1.54) is 0 Å². The smallest absolute Gasteiger partial charge is 0.227 e. The van der Waals surface area contributed by atoms with Crippen LogP contribution in [0.5, 0.6) is 0 Å². The molecule has 0 fully saturated rings. The second-order valence-corrected chi connectivity index (χ2v) is 10.4. The zero-order chi connectivity index (χ0) is 25.3. The van der Waals surface area contributed by atoms with Gasteiger partial charge in [-0.1, -0.05) is 52.3 Å². The fourth-order valence-electron chi connectivity index (χ4n) is 4.60. The van der Waals surface area contributed by atoms with Crippen LogP contribution < -0.4 is 21.3 Å². The van der Waals surface area contributed by atoms with Gasteiger partial charge in [0.1, 0.15) is 0 Å². The number of benzene rings is 1. The molecule has 1 heterocycles. The van der Waals surface area contributed by atoms with E-state index in [2.05, 4.69) is 17.6 Å². The van der Waals surface area contributed by atoms with Crippen LogP contribution in [0.4, 0.5) is 5.69 Å². The fourth-order valence-corrected chi connectivity index (χ4v) is 4.60. The Bertz CT molecular complexity index is 829. The average molecular weight is 475 g/mol. The van der Waals surface area contributed by atoms with Gasteiger partial charge in [0.15, 0.2) is 0 Å². The number of nitrogens with zero attached hydrogens (tertiary/aromatic N) is 1. The normalized spacial score (nSPS) is 18.4. The van der Waals surface area contributed by atoms with E-state index in [1.807, 2.05) is 38.1 Å². The molecule has 0 radical (unpaired) electrons. The number of aliphatic hydroxyl groups excluding tert-OH is 1. The highest BCUT2D eigenvalue weighted by Gasteiger charge is 2.34. The highest BCUT2D eigenvalue weighted by atomic mass is 16.3. The summed E-state index contributed by atoms with van der Waals surface area (Å²) < 4.78 is 0. The van der Waals surface area contributed by atoms with Crippen LogP contribution in [0.15, 0.2) is 24.3 Å². The van der Waals surface area contributed by atoms with Crippen LogP contribution in [0.2, 0.25) is 0 Å². The summed E-state index contributed by atoms with van der Waals surface area (Å²) in [5, 5.41) is 16.3. The molecule has 1 aromatic rings. The topological polar surface area (TPSA) is 125 Å². The molecular formula is C26H42N4O4. The molecule has 5 N–H and O–H groups in total. The van der Waals surface area contributed by atoms with E-state index in [0.29, 0.717) is 32.3 Å². The van der Waals surface area contributed by atoms with Gasteiger partial charge < -0.3 is 26.4 Å². The van der Waals surface area contributed by atoms with Crippen LogP contribution in [0, 0.1) is 11.3 Å². The first-order valence-corrected chi connectivity index (χ1v) is 12.4. The van der Waals surface area contributed by atoms with E-state index in [4.69, 9.17) is 5.73 Å². The molecular weight excluding hydrogens is 432 g/mol. The zero-order valence-electron chi connectivity index (χ0n) is 21.0. The van der Waals surface area contributed by atoms with Gasteiger partial charge in [0.05, 0.1) is 12.1 Å². The number of anilines is 1. The Kier molecular flexibility index (Phi) is 10.5. The van der Waals surface area contributed by atoms with Gasteiger partial charge in [-0.05, 0) is 42.7 Å². The third kappa shape index (κ3) is 8.09. The Morgan fingerprint density at radius 2 is 2.03 bits per heavy atom. The van der Waals surface area contributed by atoms with Crippen molar-refractivity contribution in [3.05, 3.63) is 29.8 Å². The zero-order valence-corrected chi connectivity index (χ0v) is 21.0. The molecule has 8 nitrogen and oxygen atoms in total. The quantitative estimate of drug-likeness (QED) is 0.257. The van der Waals surface area contributed by atoms with Crippen molar-refractivity contribution in [2.75, 3.05) is 18.0 Å². The van der Waals surface area contributed by atoms with Crippen molar-refractivity contribution in [3.63, 3.8) is 0 Å². The molecule has 0 aromatic heterocycles. The summed E-state index contributed by atoms with van der Waals surface area (Å²) >= 11 is 0. The predicted molar refractivity (Wildman–Crippen MR) is 134 cm³/mol. The Morgan fingerprint density at radius 3 is 2.71 bits per heavy atom. The number of para-hydroxylation sites is 1. The highest BCUT2D eigenvalue weighted by Crippen LogP contribution is 2.33. The Labute approximate surface area is 203 Å². The Balaban J connectivity index is 1.96. The van der Waals surface area contributed by atoms with Gasteiger partial charge in [-0.25, -0.2) is 0 Å². The lowest BCUT2D eigenvalue weighted by Gasteiger charge is -2.37. The molecule has 4 atom stereocenters. The van der Waals surface area contributed by atoms with E-state index < -0.39 is 17.6 Å². The fraction of sp³-hybridized carbons (Fsp3) is 0.654. The molecule has 0 bridgehead atoms. The minimum Gasteiger partial charge on any atom is -0.391 e. The molecule has 1 unspecified atom stereocenters. The standard InChI is InChI=1S/C26H42N4O4/c1-5-6-11-28-25(34)18(2)12-23(32)21(27)14-26(3,4)15-24(33)30-16-20(29-17-31)13-19-9-7-8-10-22(19)30/h7-10,17-18,20-21,23,32H,5-6,11-16,27H2,1-4H3,(H,28,34)(H,29,31)/t18-,20?,21+,23+/m1/s1. The van der Waals surface area contributed by atoms with Crippen molar-refractivity contribution < 1.29 is 19.5 Å². The van der Waals surface area contributed by atoms with Crippen LogP contribution in [-0.4, -0.2) is 54.6 Å². The molecule has 1 aromatic carbocycles. The number of rotatable bonds is 13. The van der Waals surface area contributed by atoms with Gasteiger partial charge in [0.25, 0.3) is 0 Å². The number of carbonyl (C=O) groups excluding carboxylic acids is 3. The molecule has 0 saturated heterocycles. The predicted octanol–water partition coefficient (Wildman–Crippen LogP) is 2.13. The summed E-state index contributed by atoms with van der Waals surface area (Å²) in [5.41, 5.74) is 7.76. The number of fused-ring (bicyclic) bond motifs is 1. The van der Waals surface area contributed by atoms with Gasteiger partial charge in [0.2, 0.25) is 18.2 Å². The van der Waals surface area contributed by atoms with Crippen LogP contribution in [-0.2, 0) is 20.8 Å². The summed E-state index contributed by atoms with van der Waals surface area (Å²) in [6.07, 6.45) is 3.43. The van der Waals surface area contributed by atoms with E-state index in [0.717, 1.165) is 24.1 Å². The molecule has 1 aliphatic heterocycles. The van der Waals surface area contributed by atoms with E-state index in [9.17, 15) is 19.5 Å². The SMILES string of the molecule is CCCCNC(=O)[C@H](C)C[C@H](O)[C@@H](N)CC(C)(C)CC(=O)N1CC(NC=O)Cc2ccccc21. The van der Waals surface area contributed by atoms with Crippen molar-refractivity contribution in [3.8, 4) is 0 Å². The lowest BCUT2D eigenvalue weighted by Crippen LogP contribution is -2.49. The number of aliphatic hydroxyl groups is 1. The molecule has 1 aliphatic rings. The molecule has 0 aliphatic carbocycles. The molecule has 2 rings (SSSR count). The van der Waals surface area contributed by atoms with Crippen molar-refractivity contribution in [2.24, 2.45) is 17.1 Å². The van der Waals surface area contributed by atoms with Crippen molar-refractivity contribution in [1.29, 1.82) is 0 Å². The molecule has 190 valence electrons. The number of amides is 3. The van der Waals surface area contributed by atoms with Crippen LogP contribution in [0.25, 0.3) is 0 Å². The number of nitrogens with two attached hydrogens (primary N) is 1. The third-order valence-corrected chi connectivity index (χ3v) is 6.54. The van der Waals surface area contributed by atoms with Gasteiger partial charge in [-0.2, -0.15) is 0 Å². The maximum atomic E-state index is 13.3. The number of carbonyl (C=O) groups is 3. The first kappa shape index (κ1) is 27.8. The average Bonchev–Trinajstić information content (AvgIpc) is 2.78. The lowest BCUT2D eigenvalue weighted by molar-refractivity contribution is -0.125. The van der Waals surface area contributed by atoms with Gasteiger partial charge in [-0.3, -0.25) is 14.4 Å². The van der Waals surface area contributed by atoms with E-state index >= 15 is 0 Å². The number of hydrogen-bond donors (Lipinski definition) is 4. The van der Waals surface area contributed by atoms with Gasteiger partial charge >= 0.3 is 0 Å². The monoisotopic (exact) mass is 474 g/mol. The molecule has 0 saturated carbocycles. The largest absolute Gasteiger partial charge is 0.391 e. The van der Waals surface area contributed by atoms with Crippen LogP contribution >= 0.6 is 0 Å². The lowest BCUT2D eigenvalue weighted by atomic mass is 9.79. The summed E-state index contributed by atoms with van der Waals surface area (Å²) in [4.78, 5) is 38.3. The van der Waals surface area contributed by atoms with E-state index in [1.54, 1.807) is 11.8 Å². The summed E-state index contributed by atoms with van der Waals surface area (Å²) in [6, 6.07) is 7.06. The maximum absolute atomic E-state index is 13.3. The minimum atomic E-state index is -0.835. The van der Waals surface area contributed by atoms with Crippen molar-refractivity contribution in [1.82, 2.24) is 10.6 Å². The van der Waals surface area contributed by atoms with Crippen LogP contribution in [0.3, 0.4) is 0 Å². The molecule has 8 heteroatoms. The van der Waals surface area contributed by atoms with E-state index in [-0.39, 0.29) is 36.6 Å². The first-order chi connectivity index (χ1) is 16.1. The number of nitrogens with one attached hydrogen (secondary N) is 2. The summed E-state index contributed by atoms with van der Waals surface area (Å²) in [5.74, 6) is -0.452. The van der Waals surface area contributed by atoms with Gasteiger partial charge in [0, 0.05) is 37.2 Å². The second-order valence-electron chi connectivity index (χ2n) is 10.4. The highest BCUT2D eigenvalue weighted by molar-refractivity contribution is 5.95. The number of unbranched alkanes of at least 4 members (excludes halogenated alkanes) is 1. The maximum Gasteiger partial charge on any atom is 0.227 e. The second kappa shape index (κ2) is 12.9. The van der Waals surface area contributed by atoms with Gasteiger partial charge in [-0.15, -0.1) is 0 Å². The number of hydrogen-bond acceptors (Lipinski definition) is 5. The van der Waals surface area contributed by atoms with Crippen molar-refractivity contribution in [2.45, 2.75) is 84.4 Å². The third-order valence-electron chi connectivity index (χ3n) is 6.54. The molecule has 0 spiro atoms. The first-order valence-electron chi connectivity index (χ1n) is 12.4.